The number of amides is 1. The summed E-state index contributed by atoms with van der Waals surface area (Å²) < 4.78 is 15.7. The molecule has 1 atom stereocenters. The van der Waals surface area contributed by atoms with Crippen molar-refractivity contribution in [3.8, 4) is 5.75 Å². The van der Waals surface area contributed by atoms with Gasteiger partial charge in [0.1, 0.15) is 18.9 Å². The number of fused-ring (bicyclic) bond motifs is 1. The molecule has 9 nitrogen and oxygen atoms in total. The van der Waals surface area contributed by atoms with Crippen LogP contribution in [0.4, 0.5) is 11.4 Å². The summed E-state index contributed by atoms with van der Waals surface area (Å²) >= 11 is 0. The average Bonchev–Trinajstić information content (AvgIpc) is 2.60. The van der Waals surface area contributed by atoms with Crippen LogP contribution in [0.25, 0.3) is 0 Å². The molecular weight excluding hydrogens is 332 g/mol. The quantitative estimate of drug-likeness (QED) is 0.303. The third-order valence-electron chi connectivity index (χ3n) is 3.61. The smallest absolute Gasteiger partial charge is 0.326 e. The fourth-order valence-electron chi connectivity index (χ4n) is 2.38. The highest BCUT2D eigenvalue weighted by Crippen LogP contribution is 2.37. The number of carbonyl (C=O) groups excluding carboxylic acids is 2. The van der Waals surface area contributed by atoms with Crippen LogP contribution in [-0.4, -0.2) is 49.3 Å². The van der Waals surface area contributed by atoms with E-state index < -0.39 is 22.9 Å². The predicted molar refractivity (Wildman–Crippen MR) is 87.6 cm³/mol. The average molecular weight is 352 g/mol. The number of ether oxygens (including phenoxy) is 3. The minimum Gasteiger partial charge on any atom is -0.478 e. The molecule has 0 aliphatic carbocycles. The molecule has 136 valence electrons. The van der Waals surface area contributed by atoms with Crippen molar-refractivity contribution in [2.24, 2.45) is 0 Å². The van der Waals surface area contributed by atoms with Crippen LogP contribution >= 0.6 is 0 Å². The Labute approximate surface area is 144 Å². The standard InChI is InChI=1S/C16H20N2O7/c1-3-13-16(20)17(10-15(19)24-8-7-23-4-2)12-9-11(18(21)22)5-6-14(12)25-13/h5-6,9,13H,3-4,7-8,10H2,1-2H3. The van der Waals surface area contributed by atoms with E-state index in [9.17, 15) is 19.7 Å². The van der Waals surface area contributed by atoms with Crippen molar-refractivity contribution in [1.29, 1.82) is 0 Å². The highest BCUT2D eigenvalue weighted by atomic mass is 16.6. The van der Waals surface area contributed by atoms with Crippen molar-refractivity contribution < 1.29 is 28.7 Å². The minimum absolute atomic E-state index is 0.0736. The molecule has 1 heterocycles. The Morgan fingerprint density at radius 2 is 2.12 bits per heavy atom. The number of rotatable bonds is 8. The number of benzene rings is 1. The first kappa shape index (κ1) is 18.7. The lowest BCUT2D eigenvalue weighted by Gasteiger charge is -2.33. The van der Waals surface area contributed by atoms with E-state index in [2.05, 4.69) is 0 Å². The van der Waals surface area contributed by atoms with Gasteiger partial charge in [-0.05, 0) is 19.4 Å². The molecule has 1 aromatic rings. The van der Waals surface area contributed by atoms with E-state index in [0.717, 1.165) is 0 Å². The molecule has 1 aromatic carbocycles. The summed E-state index contributed by atoms with van der Waals surface area (Å²) in [6.07, 6.45) is -0.337. The lowest BCUT2D eigenvalue weighted by molar-refractivity contribution is -0.384. The second-order valence-electron chi connectivity index (χ2n) is 5.27. The maximum absolute atomic E-state index is 12.5. The first-order chi connectivity index (χ1) is 12.0. The van der Waals surface area contributed by atoms with Gasteiger partial charge in [-0.1, -0.05) is 6.92 Å². The summed E-state index contributed by atoms with van der Waals surface area (Å²) in [4.78, 5) is 36.1. The topological polar surface area (TPSA) is 108 Å². The molecule has 0 saturated carbocycles. The monoisotopic (exact) mass is 352 g/mol. The van der Waals surface area contributed by atoms with Gasteiger partial charge in [-0.3, -0.25) is 24.6 Å². The molecule has 2 rings (SSSR count). The van der Waals surface area contributed by atoms with Crippen LogP contribution in [-0.2, 0) is 19.1 Å². The summed E-state index contributed by atoms with van der Waals surface area (Å²) in [5.74, 6) is -0.737. The Kier molecular flexibility index (Phi) is 6.29. The lowest BCUT2D eigenvalue weighted by Crippen LogP contribution is -2.48. The van der Waals surface area contributed by atoms with Gasteiger partial charge in [0.05, 0.1) is 17.2 Å². The molecule has 9 heteroatoms. The summed E-state index contributed by atoms with van der Waals surface area (Å²) in [5, 5.41) is 11.0. The highest BCUT2D eigenvalue weighted by molar-refractivity contribution is 6.03. The number of nitro benzene ring substituents is 1. The van der Waals surface area contributed by atoms with E-state index in [0.29, 0.717) is 18.8 Å². The molecule has 0 N–H and O–H groups in total. The first-order valence-corrected chi connectivity index (χ1v) is 7.97. The summed E-state index contributed by atoms with van der Waals surface area (Å²) in [6.45, 7) is 4.09. The van der Waals surface area contributed by atoms with Gasteiger partial charge in [-0.2, -0.15) is 0 Å². The minimum atomic E-state index is -0.745. The van der Waals surface area contributed by atoms with Crippen LogP contribution in [0.5, 0.6) is 5.75 Å². The Bertz CT molecular complexity index is 662. The number of anilines is 1. The molecule has 0 fully saturated rings. The SMILES string of the molecule is CCOCCOC(=O)CN1C(=O)C(CC)Oc2ccc([N+](=O)[O-])cc21. The summed E-state index contributed by atoms with van der Waals surface area (Å²) in [7, 11) is 0. The van der Waals surface area contributed by atoms with Crippen molar-refractivity contribution in [2.45, 2.75) is 26.4 Å². The van der Waals surface area contributed by atoms with Gasteiger partial charge < -0.3 is 14.2 Å². The third kappa shape index (κ3) is 4.44. The van der Waals surface area contributed by atoms with E-state index in [1.165, 1.54) is 23.1 Å². The zero-order valence-electron chi connectivity index (χ0n) is 14.1. The Morgan fingerprint density at radius 1 is 1.36 bits per heavy atom. The van der Waals surface area contributed by atoms with Gasteiger partial charge in [0.25, 0.3) is 11.6 Å². The van der Waals surface area contributed by atoms with Gasteiger partial charge in [-0.15, -0.1) is 0 Å². The van der Waals surface area contributed by atoms with Crippen LogP contribution in [0.2, 0.25) is 0 Å². The zero-order valence-corrected chi connectivity index (χ0v) is 14.1. The molecule has 1 unspecified atom stereocenters. The van der Waals surface area contributed by atoms with Gasteiger partial charge in [-0.25, -0.2) is 0 Å². The highest BCUT2D eigenvalue weighted by Gasteiger charge is 2.35. The molecule has 1 aliphatic heterocycles. The molecule has 0 aromatic heterocycles. The number of nitro groups is 1. The van der Waals surface area contributed by atoms with Gasteiger partial charge in [0.2, 0.25) is 0 Å². The van der Waals surface area contributed by atoms with Crippen molar-refractivity contribution in [3.63, 3.8) is 0 Å². The van der Waals surface area contributed by atoms with E-state index in [1.807, 2.05) is 6.92 Å². The van der Waals surface area contributed by atoms with E-state index in [4.69, 9.17) is 14.2 Å². The zero-order chi connectivity index (χ0) is 18.4. The molecule has 1 aliphatic rings. The van der Waals surface area contributed by atoms with Crippen LogP contribution in [0.3, 0.4) is 0 Å². The number of hydrogen-bond donors (Lipinski definition) is 0. The van der Waals surface area contributed by atoms with Crippen LogP contribution in [0.1, 0.15) is 20.3 Å². The van der Waals surface area contributed by atoms with Crippen molar-refractivity contribution in [1.82, 2.24) is 0 Å². The normalized spacial score (nSPS) is 16.2. The van der Waals surface area contributed by atoms with Gasteiger partial charge >= 0.3 is 5.97 Å². The Morgan fingerprint density at radius 3 is 2.76 bits per heavy atom. The number of esters is 1. The van der Waals surface area contributed by atoms with Crippen molar-refractivity contribution in [2.75, 3.05) is 31.3 Å². The molecule has 0 spiro atoms. The second kappa shape index (κ2) is 8.43. The van der Waals surface area contributed by atoms with E-state index >= 15 is 0 Å². The molecule has 1 amide bonds. The van der Waals surface area contributed by atoms with Gasteiger partial charge in [0, 0.05) is 18.7 Å². The number of carbonyl (C=O) groups is 2. The third-order valence-corrected chi connectivity index (χ3v) is 3.61. The molecule has 25 heavy (non-hydrogen) atoms. The Hall–Kier alpha value is -2.68. The van der Waals surface area contributed by atoms with Gasteiger partial charge in [0.15, 0.2) is 6.10 Å². The second-order valence-corrected chi connectivity index (χ2v) is 5.27. The van der Waals surface area contributed by atoms with Crippen LogP contribution in [0, 0.1) is 10.1 Å². The van der Waals surface area contributed by atoms with Crippen LogP contribution < -0.4 is 9.64 Å². The fourth-order valence-corrected chi connectivity index (χ4v) is 2.38. The Balaban J connectivity index is 2.20. The maximum atomic E-state index is 12.5. The maximum Gasteiger partial charge on any atom is 0.326 e. The largest absolute Gasteiger partial charge is 0.478 e. The molecule has 0 radical (unpaired) electrons. The molecule has 0 saturated heterocycles. The van der Waals surface area contributed by atoms with E-state index in [-0.39, 0.29) is 31.1 Å². The first-order valence-electron chi connectivity index (χ1n) is 7.97. The number of hydrogen-bond acceptors (Lipinski definition) is 7. The van der Waals surface area contributed by atoms with Crippen molar-refractivity contribution >= 4 is 23.3 Å². The molecule has 0 bridgehead atoms. The van der Waals surface area contributed by atoms with E-state index in [1.54, 1.807) is 6.92 Å². The molecular formula is C16H20N2O7. The fraction of sp³-hybridized carbons (Fsp3) is 0.500. The van der Waals surface area contributed by atoms with Crippen molar-refractivity contribution in [3.05, 3.63) is 28.3 Å². The summed E-state index contributed by atoms with van der Waals surface area (Å²) in [6, 6.07) is 3.93. The predicted octanol–water partition coefficient (Wildman–Crippen LogP) is 1.68. The number of nitrogens with zero attached hydrogens (tertiary/aromatic N) is 2. The summed E-state index contributed by atoms with van der Waals surface area (Å²) in [5.41, 5.74) is -0.00882. The van der Waals surface area contributed by atoms with Crippen LogP contribution in [0.15, 0.2) is 18.2 Å². The number of non-ortho nitro benzene ring substituents is 1. The lowest BCUT2D eigenvalue weighted by atomic mass is 10.1.